The molecule has 0 aliphatic carbocycles. The molecular weight excluding hydrogens is 240 g/mol. The van der Waals surface area contributed by atoms with Gasteiger partial charge in [-0.2, -0.15) is 0 Å². The Kier molecular flexibility index (Phi) is 7.01. The standard InChI is InChI=1S/C15H32N2O2/c1-11(2)8-15(6,19)10-17-13(18)7-12(16)9-14(3,4)5/h11-12,19H,7-10,16H2,1-6H3,(H,17,18). The molecular formula is C15H32N2O2. The van der Waals surface area contributed by atoms with Gasteiger partial charge in [0.15, 0.2) is 0 Å². The van der Waals surface area contributed by atoms with Crippen LogP contribution < -0.4 is 11.1 Å². The molecule has 0 aromatic carbocycles. The number of carbonyl (C=O) groups excluding carboxylic acids is 1. The molecule has 0 fully saturated rings. The van der Waals surface area contributed by atoms with Crippen molar-refractivity contribution in [1.82, 2.24) is 5.32 Å². The van der Waals surface area contributed by atoms with Gasteiger partial charge in [-0.25, -0.2) is 0 Å². The van der Waals surface area contributed by atoms with Crippen LogP contribution in [-0.4, -0.2) is 29.2 Å². The lowest BCUT2D eigenvalue weighted by Gasteiger charge is -2.26. The van der Waals surface area contributed by atoms with Crippen LogP contribution in [-0.2, 0) is 4.79 Å². The number of amides is 1. The summed E-state index contributed by atoms with van der Waals surface area (Å²) >= 11 is 0. The molecule has 114 valence electrons. The molecule has 2 atom stereocenters. The van der Waals surface area contributed by atoms with Crippen LogP contribution in [0.25, 0.3) is 0 Å². The summed E-state index contributed by atoms with van der Waals surface area (Å²) in [4.78, 5) is 11.8. The molecule has 2 unspecified atom stereocenters. The molecule has 1 amide bonds. The molecule has 0 bridgehead atoms. The van der Waals surface area contributed by atoms with Crippen molar-refractivity contribution in [3.63, 3.8) is 0 Å². The van der Waals surface area contributed by atoms with Gasteiger partial charge in [0.25, 0.3) is 0 Å². The Balaban J connectivity index is 4.05. The number of aliphatic hydroxyl groups is 1. The zero-order valence-electron chi connectivity index (χ0n) is 13.4. The van der Waals surface area contributed by atoms with Crippen molar-refractivity contribution in [2.75, 3.05) is 6.54 Å². The highest BCUT2D eigenvalue weighted by Crippen LogP contribution is 2.21. The minimum Gasteiger partial charge on any atom is -0.388 e. The third-order valence-electron chi connectivity index (χ3n) is 2.84. The van der Waals surface area contributed by atoms with Crippen molar-refractivity contribution in [2.24, 2.45) is 17.1 Å². The predicted octanol–water partition coefficient (Wildman–Crippen LogP) is 2.05. The monoisotopic (exact) mass is 272 g/mol. The van der Waals surface area contributed by atoms with E-state index in [9.17, 15) is 9.90 Å². The van der Waals surface area contributed by atoms with Gasteiger partial charge in [0.05, 0.1) is 5.60 Å². The first-order valence-electron chi connectivity index (χ1n) is 7.16. The molecule has 0 rings (SSSR count). The van der Waals surface area contributed by atoms with Gasteiger partial charge in [-0.3, -0.25) is 4.79 Å². The van der Waals surface area contributed by atoms with Crippen LogP contribution >= 0.6 is 0 Å². The summed E-state index contributed by atoms with van der Waals surface area (Å²) in [6.07, 6.45) is 1.79. The Morgan fingerprint density at radius 3 is 2.16 bits per heavy atom. The Labute approximate surface area is 118 Å². The molecule has 4 nitrogen and oxygen atoms in total. The van der Waals surface area contributed by atoms with Crippen molar-refractivity contribution in [3.8, 4) is 0 Å². The fraction of sp³-hybridized carbons (Fsp3) is 0.933. The van der Waals surface area contributed by atoms with Crippen LogP contribution in [0, 0.1) is 11.3 Å². The van der Waals surface area contributed by atoms with Gasteiger partial charge < -0.3 is 16.2 Å². The number of carbonyl (C=O) groups is 1. The fourth-order valence-electron chi connectivity index (χ4n) is 2.41. The maximum Gasteiger partial charge on any atom is 0.221 e. The molecule has 0 spiro atoms. The quantitative estimate of drug-likeness (QED) is 0.664. The lowest BCUT2D eigenvalue weighted by Crippen LogP contribution is -2.43. The first-order chi connectivity index (χ1) is 8.41. The van der Waals surface area contributed by atoms with E-state index in [1.54, 1.807) is 6.92 Å². The molecule has 0 aliphatic heterocycles. The summed E-state index contributed by atoms with van der Waals surface area (Å²) in [7, 11) is 0. The minimum atomic E-state index is -0.849. The summed E-state index contributed by atoms with van der Waals surface area (Å²) in [5.74, 6) is 0.316. The molecule has 0 saturated heterocycles. The second kappa shape index (κ2) is 7.25. The Hall–Kier alpha value is -0.610. The van der Waals surface area contributed by atoms with Crippen LogP contribution in [0.4, 0.5) is 0 Å². The highest BCUT2D eigenvalue weighted by Gasteiger charge is 2.23. The first kappa shape index (κ1) is 18.4. The molecule has 0 aromatic heterocycles. The molecule has 0 heterocycles. The van der Waals surface area contributed by atoms with E-state index in [4.69, 9.17) is 5.73 Å². The summed E-state index contributed by atoms with van der Waals surface area (Å²) in [6.45, 7) is 12.5. The molecule has 0 saturated carbocycles. The number of nitrogens with two attached hydrogens (primary N) is 1. The zero-order chi connectivity index (χ0) is 15.3. The van der Waals surface area contributed by atoms with Gasteiger partial charge in [-0.15, -0.1) is 0 Å². The smallest absolute Gasteiger partial charge is 0.221 e. The molecule has 0 aromatic rings. The lowest BCUT2D eigenvalue weighted by atomic mass is 9.87. The van der Waals surface area contributed by atoms with Crippen molar-refractivity contribution in [2.45, 2.75) is 72.4 Å². The number of rotatable bonds is 7. The Morgan fingerprint density at radius 1 is 1.21 bits per heavy atom. The molecule has 0 aliphatic rings. The predicted molar refractivity (Wildman–Crippen MR) is 79.8 cm³/mol. The van der Waals surface area contributed by atoms with E-state index in [1.807, 2.05) is 0 Å². The van der Waals surface area contributed by atoms with Crippen molar-refractivity contribution < 1.29 is 9.90 Å². The second-order valence-electron chi connectivity index (χ2n) is 7.60. The van der Waals surface area contributed by atoms with E-state index < -0.39 is 5.60 Å². The Bertz CT molecular complexity index is 280. The second-order valence-corrected chi connectivity index (χ2v) is 7.60. The summed E-state index contributed by atoms with van der Waals surface area (Å²) in [5.41, 5.74) is 5.24. The van der Waals surface area contributed by atoms with Gasteiger partial charge in [0.1, 0.15) is 0 Å². The van der Waals surface area contributed by atoms with Gasteiger partial charge in [0.2, 0.25) is 5.91 Å². The van der Waals surface area contributed by atoms with E-state index in [0.29, 0.717) is 18.8 Å². The molecule has 4 heteroatoms. The van der Waals surface area contributed by atoms with E-state index in [0.717, 1.165) is 6.42 Å². The van der Waals surface area contributed by atoms with Crippen molar-refractivity contribution in [3.05, 3.63) is 0 Å². The van der Waals surface area contributed by atoms with Gasteiger partial charge in [-0.05, 0) is 31.1 Å². The van der Waals surface area contributed by atoms with E-state index in [1.165, 1.54) is 0 Å². The number of hydrogen-bond acceptors (Lipinski definition) is 3. The van der Waals surface area contributed by atoms with Gasteiger partial charge in [-0.1, -0.05) is 34.6 Å². The SMILES string of the molecule is CC(C)CC(C)(O)CNC(=O)CC(N)CC(C)(C)C. The minimum absolute atomic E-state index is 0.0826. The maximum absolute atomic E-state index is 11.8. The first-order valence-corrected chi connectivity index (χ1v) is 7.16. The average molecular weight is 272 g/mol. The molecule has 0 radical (unpaired) electrons. The Morgan fingerprint density at radius 2 is 1.74 bits per heavy atom. The van der Waals surface area contributed by atoms with Crippen LogP contribution in [0.15, 0.2) is 0 Å². The van der Waals surface area contributed by atoms with E-state index in [-0.39, 0.29) is 23.9 Å². The fourth-order valence-corrected chi connectivity index (χ4v) is 2.41. The maximum atomic E-state index is 11.8. The highest BCUT2D eigenvalue weighted by atomic mass is 16.3. The van der Waals surface area contributed by atoms with Crippen molar-refractivity contribution >= 4 is 5.91 Å². The summed E-state index contributed by atoms with van der Waals surface area (Å²) in [6, 6.07) is -0.130. The molecule has 19 heavy (non-hydrogen) atoms. The lowest BCUT2D eigenvalue weighted by molar-refractivity contribution is -0.122. The van der Waals surface area contributed by atoms with Crippen LogP contribution in [0.2, 0.25) is 0 Å². The summed E-state index contributed by atoms with van der Waals surface area (Å²) in [5, 5.41) is 12.9. The van der Waals surface area contributed by atoms with Crippen LogP contribution in [0.1, 0.15) is 60.8 Å². The topological polar surface area (TPSA) is 75.3 Å². The van der Waals surface area contributed by atoms with Crippen LogP contribution in [0.5, 0.6) is 0 Å². The number of hydrogen-bond donors (Lipinski definition) is 3. The largest absolute Gasteiger partial charge is 0.388 e. The van der Waals surface area contributed by atoms with E-state index >= 15 is 0 Å². The van der Waals surface area contributed by atoms with Gasteiger partial charge in [0, 0.05) is 19.0 Å². The van der Waals surface area contributed by atoms with E-state index in [2.05, 4.69) is 39.9 Å². The third-order valence-corrected chi connectivity index (χ3v) is 2.84. The van der Waals surface area contributed by atoms with Gasteiger partial charge >= 0.3 is 0 Å². The third kappa shape index (κ3) is 11.0. The highest BCUT2D eigenvalue weighted by molar-refractivity contribution is 5.76. The normalized spacial score (nSPS) is 17.1. The average Bonchev–Trinajstić information content (AvgIpc) is 2.09. The van der Waals surface area contributed by atoms with Crippen molar-refractivity contribution in [1.29, 1.82) is 0 Å². The summed E-state index contributed by atoms with van der Waals surface area (Å²) < 4.78 is 0. The zero-order valence-corrected chi connectivity index (χ0v) is 13.4. The number of nitrogens with one attached hydrogen (secondary N) is 1. The van der Waals surface area contributed by atoms with Crippen LogP contribution in [0.3, 0.4) is 0 Å². The molecule has 4 N–H and O–H groups in total.